The number of hydrogen-bond donors (Lipinski definition) is 3. The highest BCUT2D eigenvalue weighted by Crippen LogP contribution is 2.17. The molecule has 18 heavy (non-hydrogen) atoms. The lowest BCUT2D eigenvalue weighted by atomic mass is 9.98. The van der Waals surface area contributed by atoms with Gasteiger partial charge in [-0.3, -0.25) is 9.59 Å². The normalized spacial score (nSPS) is 11.1. The van der Waals surface area contributed by atoms with Crippen molar-refractivity contribution in [2.45, 2.75) is 32.7 Å². The predicted octanol–water partition coefficient (Wildman–Crippen LogP) is 1.08. The van der Waals surface area contributed by atoms with Gasteiger partial charge in [-0.2, -0.15) is 0 Å². The Kier molecular flexibility index (Phi) is 3.96. The van der Waals surface area contributed by atoms with Crippen molar-refractivity contribution in [1.82, 2.24) is 5.32 Å². The summed E-state index contributed by atoms with van der Waals surface area (Å²) in [6.45, 7) is 5.19. The van der Waals surface area contributed by atoms with Gasteiger partial charge in [0.1, 0.15) is 5.75 Å². The summed E-state index contributed by atoms with van der Waals surface area (Å²) in [5.74, 6) is -0.651. The number of aromatic hydroxyl groups is 1. The maximum absolute atomic E-state index is 12.0. The van der Waals surface area contributed by atoms with Gasteiger partial charge in [-0.1, -0.05) is 0 Å². The van der Waals surface area contributed by atoms with Crippen LogP contribution in [0, 0.1) is 6.92 Å². The van der Waals surface area contributed by atoms with E-state index in [1.807, 2.05) is 0 Å². The molecule has 0 saturated carbocycles. The minimum atomic E-state index is -0.701. The summed E-state index contributed by atoms with van der Waals surface area (Å²) in [7, 11) is 0. The van der Waals surface area contributed by atoms with E-state index < -0.39 is 11.4 Å². The Morgan fingerprint density at radius 3 is 2.50 bits per heavy atom. The van der Waals surface area contributed by atoms with Gasteiger partial charge in [-0.25, -0.2) is 0 Å². The molecular formula is C13H18N2O3. The number of carbonyl (C=O) groups is 2. The maximum atomic E-state index is 12.0. The third-order valence-electron chi connectivity index (χ3n) is 2.52. The van der Waals surface area contributed by atoms with Crippen LogP contribution in [-0.2, 0) is 4.79 Å². The molecule has 0 aliphatic heterocycles. The monoisotopic (exact) mass is 250 g/mol. The van der Waals surface area contributed by atoms with Crippen LogP contribution in [0.5, 0.6) is 5.75 Å². The third kappa shape index (κ3) is 3.76. The molecule has 5 heteroatoms. The molecule has 0 spiro atoms. The Morgan fingerprint density at radius 1 is 1.39 bits per heavy atom. The van der Waals surface area contributed by atoms with E-state index in [1.165, 1.54) is 12.1 Å². The Morgan fingerprint density at radius 2 is 2.00 bits per heavy atom. The fourth-order valence-electron chi connectivity index (χ4n) is 1.76. The standard InChI is InChI=1S/C13H18N2O3/c1-8-6-9(16)4-5-10(8)12(18)15-13(2,3)7-11(14)17/h4-6,16H,7H2,1-3H3,(H2,14,17)(H,15,18). The first-order valence-electron chi connectivity index (χ1n) is 5.62. The highest BCUT2D eigenvalue weighted by Gasteiger charge is 2.24. The number of hydrogen-bond acceptors (Lipinski definition) is 3. The number of benzene rings is 1. The molecule has 2 amide bonds. The van der Waals surface area contributed by atoms with Gasteiger partial charge in [0.15, 0.2) is 0 Å². The number of carbonyl (C=O) groups excluding carboxylic acids is 2. The predicted molar refractivity (Wildman–Crippen MR) is 68.2 cm³/mol. The van der Waals surface area contributed by atoms with Crippen molar-refractivity contribution in [2.24, 2.45) is 5.73 Å². The molecule has 5 nitrogen and oxygen atoms in total. The lowest BCUT2D eigenvalue weighted by Gasteiger charge is -2.25. The second-order valence-corrected chi connectivity index (χ2v) is 4.98. The van der Waals surface area contributed by atoms with Crippen LogP contribution >= 0.6 is 0 Å². The van der Waals surface area contributed by atoms with Crippen molar-refractivity contribution in [2.75, 3.05) is 0 Å². The minimum Gasteiger partial charge on any atom is -0.508 e. The van der Waals surface area contributed by atoms with Gasteiger partial charge in [-0.05, 0) is 44.5 Å². The molecule has 0 fully saturated rings. The molecule has 1 aromatic carbocycles. The highest BCUT2D eigenvalue weighted by atomic mass is 16.3. The van der Waals surface area contributed by atoms with Gasteiger partial charge in [0, 0.05) is 17.5 Å². The highest BCUT2D eigenvalue weighted by molar-refractivity contribution is 5.96. The molecule has 98 valence electrons. The van der Waals surface area contributed by atoms with Crippen molar-refractivity contribution in [3.8, 4) is 5.75 Å². The first-order chi connectivity index (χ1) is 8.21. The number of aryl methyl sites for hydroxylation is 1. The largest absolute Gasteiger partial charge is 0.508 e. The number of nitrogens with one attached hydrogen (secondary N) is 1. The summed E-state index contributed by atoms with van der Waals surface area (Å²) in [4.78, 5) is 22.9. The van der Waals surface area contributed by atoms with E-state index >= 15 is 0 Å². The Balaban J connectivity index is 2.85. The van der Waals surface area contributed by atoms with E-state index in [9.17, 15) is 14.7 Å². The van der Waals surface area contributed by atoms with Crippen LogP contribution in [0.15, 0.2) is 18.2 Å². The van der Waals surface area contributed by atoms with E-state index in [1.54, 1.807) is 26.8 Å². The van der Waals surface area contributed by atoms with Gasteiger partial charge >= 0.3 is 0 Å². The van der Waals surface area contributed by atoms with Crippen molar-refractivity contribution in [3.05, 3.63) is 29.3 Å². The van der Waals surface area contributed by atoms with E-state index in [0.29, 0.717) is 11.1 Å². The molecule has 1 aromatic rings. The molecule has 0 heterocycles. The van der Waals surface area contributed by atoms with Crippen LogP contribution in [0.25, 0.3) is 0 Å². The van der Waals surface area contributed by atoms with Crippen LogP contribution in [0.3, 0.4) is 0 Å². The molecular weight excluding hydrogens is 232 g/mol. The third-order valence-corrected chi connectivity index (χ3v) is 2.52. The molecule has 4 N–H and O–H groups in total. The molecule has 0 saturated heterocycles. The number of phenols is 1. The van der Waals surface area contributed by atoms with Crippen molar-refractivity contribution in [3.63, 3.8) is 0 Å². The van der Waals surface area contributed by atoms with Gasteiger partial charge in [0.25, 0.3) is 5.91 Å². The molecule has 0 aromatic heterocycles. The lowest BCUT2D eigenvalue weighted by molar-refractivity contribution is -0.119. The molecule has 0 aliphatic carbocycles. The number of amides is 2. The smallest absolute Gasteiger partial charge is 0.251 e. The molecule has 0 aliphatic rings. The quantitative estimate of drug-likeness (QED) is 0.746. The number of nitrogens with two attached hydrogens (primary N) is 1. The minimum absolute atomic E-state index is 0.0653. The van der Waals surface area contributed by atoms with Crippen molar-refractivity contribution >= 4 is 11.8 Å². The Labute approximate surface area is 106 Å². The first-order valence-corrected chi connectivity index (χ1v) is 5.62. The topological polar surface area (TPSA) is 92.4 Å². The number of phenolic OH excluding ortho intramolecular Hbond substituents is 1. The van der Waals surface area contributed by atoms with Gasteiger partial charge < -0.3 is 16.2 Å². The zero-order chi connectivity index (χ0) is 13.9. The summed E-state index contributed by atoms with van der Waals surface area (Å²) in [6, 6.07) is 4.50. The lowest BCUT2D eigenvalue weighted by Crippen LogP contribution is -2.46. The SMILES string of the molecule is Cc1cc(O)ccc1C(=O)NC(C)(C)CC(N)=O. The van der Waals surface area contributed by atoms with Crippen molar-refractivity contribution in [1.29, 1.82) is 0 Å². The number of rotatable bonds is 4. The van der Waals surface area contributed by atoms with E-state index in [-0.39, 0.29) is 18.1 Å². The average Bonchev–Trinajstić information content (AvgIpc) is 2.13. The van der Waals surface area contributed by atoms with Gasteiger partial charge in [0.2, 0.25) is 5.91 Å². The summed E-state index contributed by atoms with van der Waals surface area (Å²) in [6.07, 6.45) is 0.0653. The van der Waals surface area contributed by atoms with Gasteiger partial charge in [-0.15, -0.1) is 0 Å². The summed E-state index contributed by atoms with van der Waals surface area (Å²) < 4.78 is 0. The van der Waals surface area contributed by atoms with E-state index in [4.69, 9.17) is 5.73 Å². The van der Waals surface area contributed by atoms with Crippen LogP contribution in [0.1, 0.15) is 36.2 Å². The molecule has 0 bridgehead atoms. The molecule has 1 rings (SSSR count). The average molecular weight is 250 g/mol. The van der Waals surface area contributed by atoms with Crippen molar-refractivity contribution < 1.29 is 14.7 Å². The molecule has 0 atom stereocenters. The van der Waals surface area contributed by atoms with Gasteiger partial charge in [0.05, 0.1) is 0 Å². The van der Waals surface area contributed by atoms with Crippen LogP contribution < -0.4 is 11.1 Å². The van der Waals surface area contributed by atoms with Crippen LogP contribution in [0.4, 0.5) is 0 Å². The summed E-state index contributed by atoms with van der Waals surface area (Å²) in [5, 5.41) is 12.0. The maximum Gasteiger partial charge on any atom is 0.251 e. The first kappa shape index (κ1) is 14.0. The number of primary amides is 1. The summed E-state index contributed by atoms with van der Waals surface area (Å²) >= 11 is 0. The van der Waals surface area contributed by atoms with Crippen LogP contribution in [-0.4, -0.2) is 22.5 Å². The molecule has 0 unspecified atom stereocenters. The van der Waals surface area contributed by atoms with Crippen LogP contribution in [0.2, 0.25) is 0 Å². The summed E-state index contributed by atoms with van der Waals surface area (Å²) in [5.41, 5.74) is 5.55. The zero-order valence-electron chi connectivity index (χ0n) is 10.8. The Hall–Kier alpha value is -2.04. The van der Waals surface area contributed by atoms with E-state index in [2.05, 4.69) is 5.32 Å². The molecule has 0 radical (unpaired) electrons. The fourth-order valence-corrected chi connectivity index (χ4v) is 1.76. The Bertz CT molecular complexity index is 481. The fraction of sp³-hybridized carbons (Fsp3) is 0.385. The second kappa shape index (κ2) is 5.08. The van der Waals surface area contributed by atoms with E-state index in [0.717, 1.165) is 0 Å². The zero-order valence-corrected chi connectivity index (χ0v) is 10.8. The second-order valence-electron chi connectivity index (χ2n) is 4.98.